The minimum Gasteiger partial charge on any atom is -0.327 e. The molecule has 2 N–H and O–H groups in total. The molecule has 0 aliphatic heterocycles. The Morgan fingerprint density at radius 3 is 2.16 bits per heavy atom. The van der Waals surface area contributed by atoms with Gasteiger partial charge in [-0.25, -0.2) is 8.78 Å². The van der Waals surface area contributed by atoms with Crippen LogP contribution in [0.5, 0.6) is 0 Å². The highest BCUT2D eigenvalue weighted by molar-refractivity contribution is 9.10. The van der Waals surface area contributed by atoms with Crippen LogP contribution in [0.3, 0.4) is 0 Å². The smallest absolute Gasteiger partial charge is 0.124 e. The molecule has 0 amide bonds. The van der Waals surface area contributed by atoms with Gasteiger partial charge in [-0.3, -0.25) is 0 Å². The SMILES string of the molecule is NC(Cc1ccc(F)cc1)Cc1cc(F)cc(Br)c1. The lowest BCUT2D eigenvalue weighted by Crippen LogP contribution is -2.25. The molecule has 2 aromatic rings. The highest BCUT2D eigenvalue weighted by atomic mass is 79.9. The third kappa shape index (κ3) is 4.40. The molecule has 19 heavy (non-hydrogen) atoms. The minimum absolute atomic E-state index is 0.126. The Kier molecular flexibility index (Phi) is 4.66. The molecule has 1 atom stereocenters. The van der Waals surface area contributed by atoms with E-state index in [9.17, 15) is 8.78 Å². The van der Waals surface area contributed by atoms with Crippen molar-refractivity contribution in [2.24, 2.45) is 5.73 Å². The van der Waals surface area contributed by atoms with E-state index in [1.54, 1.807) is 12.1 Å². The molecule has 100 valence electrons. The van der Waals surface area contributed by atoms with Crippen molar-refractivity contribution in [3.8, 4) is 0 Å². The number of halogens is 3. The predicted molar refractivity (Wildman–Crippen MR) is 75.9 cm³/mol. The summed E-state index contributed by atoms with van der Waals surface area (Å²) in [7, 11) is 0. The van der Waals surface area contributed by atoms with Gasteiger partial charge in [0.25, 0.3) is 0 Å². The molecular weight excluding hydrogens is 312 g/mol. The van der Waals surface area contributed by atoms with Gasteiger partial charge in [-0.1, -0.05) is 28.1 Å². The van der Waals surface area contributed by atoms with Crippen LogP contribution in [-0.4, -0.2) is 6.04 Å². The van der Waals surface area contributed by atoms with Crippen molar-refractivity contribution in [1.29, 1.82) is 0 Å². The number of benzene rings is 2. The first-order valence-electron chi connectivity index (χ1n) is 5.98. The summed E-state index contributed by atoms with van der Waals surface area (Å²) in [5.74, 6) is -0.537. The second-order valence-electron chi connectivity index (χ2n) is 4.57. The van der Waals surface area contributed by atoms with Crippen LogP contribution in [0.2, 0.25) is 0 Å². The standard InChI is InChI=1S/C15H14BrF2N/c16-12-5-11(6-14(18)9-12)8-15(19)7-10-1-3-13(17)4-2-10/h1-6,9,15H,7-8,19H2. The fraction of sp³-hybridized carbons (Fsp3) is 0.200. The van der Waals surface area contributed by atoms with E-state index in [0.29, 0.717) is 17.3 Å². The van der Waals surface area contributed by atoms with Gasteiger partial charge in [0.2, 0.25) is 0 Å². The number of hydrogen-bond acceptors (Lipinski definition) is 1. The molecule has 0 bridgehead atoms. The molecule has 0 aromatic heterocycles. The van der Waals surface area contributed by atoms with Crippen LogP contribution >= 0.6 is 15.9 Å². The van der Waals surface area contributed by atoms with Crippen molar-refractivity contribution in [3.63, 3.8) is 0 Å². The van der Waals surface area contributed by atoms with E-state index in [2.05, 4.69) is 15.9 Å². The van der Waals surface area contributed by atoms with Crippen molar-refractivity contribution in [2.75, 3.05) is 0 Å². The summed E-state index contributed by atoms with van der Waals surface area (Å²) in [6.07, 6.45) is 1.21. The molecule has 4 heteroatoms. The molecule has 0 heterocycles. The van der Waals surface area contributed by atoms with Crippen LogP contribution < -0.4 is 5.73 Å². The Morgan fingerprint density at radius 1 is 0.895 bits per heavy atom. The monoisotopic (exact) mass is 325 g/mol. The third-order valence-electron chi connectivity index (χ3n) is 2.83. The average molecular weight is 326 g/mol. The largest absolute Gasteiger partial charge is 0.327 e. The predicted octanol–water partition coefficient (Wildman–Crippen LogP) is 3.84. The lowest BCUT2D eigenvalue weighted by atomic mass is 10.00. The van der Waals surface area contributed by atoms with Crippen LogP contribution in [0.15, 0.2) is 46.9 Å². The fourth-order valence-electron chi connectivity index (χ4n) is 2.03. The third-order valence-corrected chi connectivity index (χ3v) is 3.29. The minimum atomic E-state index is -0.279. The summed E-state index contributed by atoms with van der Waals surface area (Å²) >= 11 is 3.26. The summed E-state index contributed by atoms with van der Waals surface area (Å²) < 4.78 is 26.7. The summed E-state index contributed by atoms with van der Waals surface area (Å²) in [6, 6.07) is 10.9. The molecule has 0 saturated heterocycles. The number of nitrogens with two attached hydrogens (primary N) is 1. The second kappa shape index (κ2) is 6.26. The quantitative estimate of drug-likeness (QED) is 0.908. The second-order valence-corrected chi connectivity index (χ2v) is 5.49. The van der Waals surface area contributed by atoms with Gasteiger partial charge in [0.05, 0.1) is 0 Å². The summed E-state index contributed by atoms with van der Waals surface area (Å²) in [4.78, 5) is 0. The summed E-state index contributed by atoms with van der Waals surface area (Å²) in [5.41, 5.74) is 7.87. The topological polar surface area (TPSA) is 26.0 Å². The van der Waals surface area contributed by atoms with Gasteiger partial charge < -0.3 is 5.73 Å². The van der Waals surface area contributed by atoms with E-state index in [0.717, 1.165) is 11.1 Å². The van der Waals surface area contributed by atoms with E-state index in [4.69, 9.17) is 5.73 Å². The van der Waals surface area contributed by atoms with Crippen molar-refractivity contribution >= 4 is 15.9 Å². The Labute approximate surface area is 119 Å². The van der Waals surface area contributed by atoms with E-state index in [-0.39, 0.29) is 17.7 Å². The van der Waals surface area contributed by atoms with Crippen LogP contribution in [0.1, 0.15) is 11.1 Å². The van der Waals surface area contributed by atoms with Gasteiger partial charge in [-0.05, 0) is 54.3 Å². The first kappa shape index (κ1) is 14.2. The van der Waals surface area contributed by atoms with Crippen molar-refractivity contribution in [3.05, 3.63) is 69.7 Å². The number of rotatable bonds is 4. The molecule has 1 unspecified atom stereocenters. The van der Waals surface area contributed by atoms with E-state index < -0.39 is 0 Å². The zero-order valence-corrected chi connectivity index (χ0v) is 11.8. The van der Waals surface area contributed by atoms with Crippen LogP contribution in [0, 0.1) is 11.6 Å². The van der Waals surface area contributed by atoms with Gasteiger partial charge in [0.15, 0.2) is 0 Å². The van der Waals surface area contributed by atoms with Crippen LogP contribution in [0.4, 0.5) is 8.78 Å². The van der Waals surface area contributed by atoms with Gasteiger partial charge >= 0.3 is 0 Å². The van der Waals surface area contributed by atoms with Crippen molar-refractivity contribution in [2.45, 2.75) is 18.9 Å². The zero-order valence-electron chi connectivity index (χ0n) is 10.2. The zero-order chi connectivity index (χ0) is 13.8. The maximum absolute atomic E-state index is 13.2. The summed E-state index contributed by atoms with van der Waals surface area (Å²) in [5, 5.41) is 0. The first-order chi connectivity index (χ1) is 9.02. The van der Waals surface area contributed by atoms with Crippen LogP contribution in [0.25, 0.3) is 0 Å². The number of hydrogen-bond donors (Lipinski definition) is 1. The average Bonchev–Trinajstić information content (AvgIpc) is 2.30. The first-order valence-corrected chi connectivity index (χ1v) is 6.77. The lowest BCUT2D eigenvalue weighted by Gasteiger charge is -2.12. The summed E-state index contributed by atoms with van der Waals surface area (Å²) in [6.45, 7) is 0. The highest BCUT2D eigenvalue weighted by Gasteiger charge is 2.07. The van der Waals surface area contributed by atoms with E-state index >= 15 is 0 Å². The van der Waals surface area contributed by atoms with E-state index in [1.165, 1.54) is 24.3 Å². The molecule has 1 nitrogen and oxygen atoms in total. The molecule has 0 spiro atoms. The molecule has 0 aliphatic carbocycles. The Balaban J connectivity index is 2.00. The van der Waals surface area contributed by atoms with Gasteiger partial charge in [-0.15, -0.1) is 0 Å². The molecule has 0 radical (unpaired) electrons. The molecule has 0 aliphatic rings. The van der Waals surface area contributed by atoms with Crippen LogP contribution in [-0.2, 0) is 12.8 Å². The maximum atomic E-state index is 13.2. The normalized spacial score (nSPS) is 12.4. The van der Waals surface area contributed by atoms with Crippen molar-refractivity contribution in [1.82, 2.24) is 0 Å². The molecular formula is C15H14BrF2N. The Morgan fingerprint density at radius 2 is 1.53 bits per heavy atom. The van der Waals surface area contributed by atoms with Gasteiger partial charge in [0.1, 0.15) is 11.6 Å². The molecule has 0 fully saturated rings. The molecule has 0 saturated carbocycles. The Bertz CT molecular complexity index is 534. The van der Waals surface area contributed by atoms with Crippen molar-refractivity contribution < 1.29 is 8.78 Å². The van der Waals surface area contributed by atoms with Gasteiger partial charge in [0, 0.05) is 10.5 Å². The molecule has 2 rings (SSSR count). The lowest BCUT2D eigenvalue weighted by molar-refractivity contribution is 0.614. The fourth-order valence-corrected chi connectivity index (χ4v) is 2.54. The highest BCUT2D eigenvalue weighted by Crippen LogP contribution is 2.17. The van der Waals surface area contributed by atoms with E-state index in [1.807, 2.05) is 6.07 Å². The molecule has 2 aromatic carbocycles. The maximum Gasteiger partial charge on any atom is 0.124 e. The van der Waals surface area contributed by atoms with Gasteiger partial charge in [-0.2, -0.15) is 0 Å². The Hall–Kier alpha value is -1.26.